The summed E-state index contributed by atoms with van der Waals surface area (Å²) in [5, 5.41) is 0. The van der Waals surface area contributed by atoms with Gasteiger partial charge in [0.15, 0.2) is 4.84 Å². The van der Waals surface area contributed by atoms with Gasteiger partial charge in [0.05, 0.1) is 0 Å². The Kier molecular flexibility index (Phi) is 2.05. The molecule has 1 fully saturated rings. The van der Waals surface area contributed by atoms with E-state index in [1.165, 1.54) is 12.8 Å². The van der Waals surface area contributed by atoms with Crippen molar-refractivity contribution in [3.63, 3.8) is 0 Å². The Balaban J connectivity index is 2.23. The molecule has 0 aliphatic heterocycles. The zero-order chi connectivity index (χ0) is 5.98. The van der Waals surface area contributed by atoms with Crippen LogP contribution in [0.3, 0.4) is 0 Å². The third kappa shape index (κ3) is 2.45. The Morgan fingerprint density at radius 1 is 1.38 bits per heavy atom. The number of hydrogen-bond donors (Lipinski definition) is 0. The highest BCUT2D eigenvalue weighted by Crippen LogP contribution is 2.27. The van der Waals surface area contributed by atoms with Crippen LogP contribution in [-0.2, 0) is 0 Å². The lowest BCUT2D eigenvalue weighted by atomic mass is 10.4. The van der Waals surface area contributed by atoms with Crippen molar-refractivity contribution in [2.75, 3.05) is 0 Å². The maximum atomic E-state index is 5.34. The first-order valence-electron chi connectivity index (χ1n) is 2.58. The molecule has 0 saturated heterocycles. The molecule has 0 N–H and O–H groups in total. The molecule has 1 rings (SSSR count). The molecular weight excluding hydrogens is 143 g/mol. The van der Waals surface area contributed by atoms with E-state index in [1.807, 2.05) is 0 Å². The minimum atomic E-state index is -0.490. The van der Waals surface area contributed by atoms with Gasteiger partial charge in [0.1, 0.15) is 0 Å². The van der Waals surface area contributed by atoms with Crippen LogP contribution in [0, 0.1) is 17.8 Å². The van der Waals surface area contributed by atoms with Crippen LogP contribution in [0.5, 0.6) is 0 Å². The summed E-state index contributed by atoms with van der Waals surface area (Å²) >= 11 is 10.7. The summed E-state index contributed by atoms with van der Waals surface area (Å²) < 4.78 is 0. The van der Waals surface area contributed by atoms with Gasteiger partial charge in [-0.05, 0) is 12.8 Å². The lowest BCUT2D eigenvalue weighted by Gasteiger charge is -1.79. The molecule has 44 valence electrons. The molecule has 0 spiro atoms. The summed E-state index contributed by atoms with van der Waals surface area (Å²) in [6, 6.07) is 0. The van der Waals surface area contributed by atoms with Crippen LogP contribution >= 0.6 is 23.2 Å². The van der Waals surface area contributed by atoms with Crippen molar-refractivity contribution < 1.29 is 0 Å². The normalized spacial score (nSPS) is 17.9. The molecule has 0 aromatic heterocycles. The first-order chi connectivity index (χ1) is 3.79. The third-order valence-electron chi connectivity index (χ3n) is 0.974. The van der Waals surface area contributed by atoms with Gasteiger partial charge in [-0.3, -0.25) is 0 Å². The van der Waals surface area contributed by atoms with E-state index in [1.54, 1.807) is 0 Å². The fourth-order valence-corrected chi connectivity index (χ4v) is 0.535. The van der Waals surface area contributed by atoms with Gasteiger partial charge in [0.25, 0.3) is 0 Å². The van der Waals surface area contributed by atoms with Crippen LogP contribution in [0.2, 0.25) is 0 Å². The van der Waals surface area contributed by atoms with Gasteiger partial charge in [0, 0.05) is 5.92 Å². The molecule has 0 unspecified atom stereocenters. The Labute approximate surface area is 59.2 Å². The standard InChI is InChI=1S/C6H6Cl2/c7-6(8)4-3-5-1-2-5/h5-6H,1-2H2. The first-order valence-corrected chi connectivity index (χ1v) is 3.45. The van der Waals surface area contributed by atoms with Gasteiger partial charge in [-0.15, -0.1) is 0 Å². The fraction of sp³-hybridized carbons (Fsp3) is 0.667. The minimum absolute atomic E-state index is 0.490. The maximum Gasteiger partial charge on any atom is 0.167 e. The molecular formula is C6H6Cl2. The molecule has 2 heteroatoms. The van der Waals surface area contributed by atoms with Gasteiger partial charge in [-0.1, -0.05) is 35.0 Å². The molecule has 0 atom stereocenters. The minimum Gasteiger partial charge on any atom is -0.0970 e. The molecule has 0 radical (unpaired) electrons. The Morgan fingerprint density at radius 3 is 2.38 bits per heavy atom. The van der Waals surface area contributed by atoms with Crippen molar-refractivity contribution in [1.82, 2.24) is 0 Å². The number of rotatable bonds is 0. The Morgan fingerprint density at radius 2 is 2.00 bits per heavy atom. The highest BCUT2D eigenvalue weighted by Gasteiger charge is 2.17. The van der Waals surface area contributed by atoms with Crippen LogP contribution in [0.1, 0.15) is 12.8 Å². The Bertz CT molecular complexity index is 119. The summed E-state index contributed by atoms with van der Waals surface area (Å²) in [6.45, 7) is 0. The van der Waals surface area contributed by atoms with E-state index in [-0.39, 0.29) is 0 Å². The monoisotopic (exact) mass is 148 g/mol. The van der Waals surface area contributed by atoms with Gasteiger partial charge < -0.3 is 0 Å². The van der Waals surface area contributed by atoms with Crippen molar-refractivity contribution in [2.24, 2.45) is 5.92 Å². The summed E-state index contributed by atoms with van der Waals surface area (Å²) in [5.41, 5.74) is 0. The zero-order valence-corrected chi connectivity index (χ0v) is 5.84. The quantitative estimate of drug-likeness (QED) is 0.365. The molecule has 8 heavy (non-hydrogen) atoms. The van der Waals surface area contributed by atoms with Crippen molar-refractivity contribution in [1.29, 1.82) is 0 Å². The van der Waals surface area contributed by atoms with Crippen LogP contribution < -0.4 is 0 Å². The van der Waals surface area contributed by atoms with Crippen molar-refractivity contribution in [3.05, 3.63) is 0 Å². The summed E-state index contributed by atoms with van der Waals surface area (Å²) in [5.74, 6) is 6.24. The van der Waals surface area contributed by atoms with Gasteiger partial charge in [-0.2, -0.15) is 0 Å². The smallest absolute Gasteiger partial charge is 0.0970 e. The average molecular weight is 149 g/mol. The van der Waals surface area contributed by atoms with Gasteiger partial charge in [0.2, 0.25) is 0 Å². The largest absolute Gasteiger partial charge is 0.167 e. The van der Waals surface area contributed by atoms with E-state index in [0.717, 1.165) is 0 Å². The molecule has 1 aliphatic carbocycles. The number of hydrogen-bond acceptors (Lipinski definition) is 0. The van der Waals surface area contributed by atoms with Crippen molar-refractivity contribution in [3.8, 4) is 11.8 Å². The maximum absolute atomic E-state index is 5.34. The van der Waals surface area contributed by atoms with Gasteiger partial charge in [-0.25, -0.2) is 0 Å². The molecule has 1 saturated carbocycles. The van der Waals surface area contributed by atoms with E-state index in [4.69, 9.17) is 23.2 Å². The van der Waals surface area contributed by atoms with Crippen LogP contribution in [0.4, 0.5) is 0 Å². The molecule has 0 heterocycles. The molecule has 0 aromatic rings. The lowest BCUT2D eigenvalue weighted by molar-refractivity contribution is 1.18. The SMILES string of the molecule is ClC(Cl)C#CC1CC1. The second kappa shape index (κ2) is 2.62. The van der Waals surface area contributed by atoms with E-state index in [9.17, 15) is 0 Å². The zero-order valence-electron chi connectivity index (χ0n) is 4.32. The molecule has 0 nitrogen and oxygen atoms in total. The summed E-state index contributed by atoms with van der Waals surface area (Å²) in [7, 11) is 0. The molecule has 1 aliphatic rings. The first kappa shape index (κ1) is 6.26. The molecule has 0 amide bonds. The predicted molar refractivity (Wildman–Crippen MR) is 36.0 cm³/mol. The van der Waals surface area contributed by atoms with E-state index in [0.29, 0.717) is 5.92 Å². The lowest BCUT2D eigenvalue weighted by Crippen LogP contribution is -1.76. The predicted octanol–water partition coefficient (Wildman–Crippen LogP) is 2.20. The summed E-state index contributed by atoms with van der Waals surface area (Å²) in [4.78, 5) is -0.490. The average Bonchev–Trinajstić information content (AvgIpc) is 2.41. The van der Waals surface area contributed by atoms with Crippen LogP contribution in [0.15, 0.2) is 0 Å². The fourth-order valence-electron chi connectivity index (χ4n) is 0.409. The second-order valence-corrected chi connectivity index (χ2v) is 2.96. The van der Waals surface area contributed by atoms with E-state index < -0.39 is 4.84 Å². The van der Waals surface area contributed by atoms with Gasteiger partial charge >= 0.3 is 0 Å². The molecule has 0 aromatic carbocycles. The van der Waals surface area contributed by atoms with Crippen molar-refractivity contribution in [2.45, 2.75) is 17.7 Å². The third-order valence-corrected chi connectivity index (χ3v) is 1.19. The summed E-state index contributed by atoms with van der Waals surface area (Å²) in [6.07, 6.45) is 2.46. The number of halogens is 2. The van der Waals surface area contributed by atoms with Crippen LogP contribution in [-0.4, -0.2) is 4.84 Å². The molecule has 0 bridgehead atoms. The van der Waals surface area contributed by atoms with E-state index in [2.05, 4.69) is 11.8 Å². The van der Waals surface area contributed by atoms with Crippen molar-refractivity contribution >= 4 is 23.2 Å². The highest BCUT2D eigenvalue weighted by atomic mass is 35.5. The van der Waals surface area contributed by atoms with Crippen LogP contribution in [0.25, 0.3) is 0 Å². The highest BCUT2D eigenvalue weighted by molar-refractivity contribution is 6.46. The second-order valence-electron chi connectivity index (χ2n) is 1.86. The van der Waals surface area contributed by atoms with E-state index >= 15 is 0 Å². The Hall–Kier alpha value is 0.140. The topological polar surface area (TPSA) is 0 Å². The number of alkyl halides is 2.